The topological polar surface area (TPSA) is 55.6 Å². The molecule has 0 aromatic carbocycles. The summed E-state index contributed by atoms with van der Waals surface area (Å²) in [5, 5.41) is 9.09. The molecule has 1 unspecified atom stereocenters. The fourth-order valence-electron chi connectivity index (χ4n) is 2.48. The van der Waals surface area contributed by atoms with Gasteiger partial charge in [0.2, 0.25) is 0 Å². The first kappa shape index (κ1) is 16.1. The number of rotatable bonds is 7. The van der Waals surface area contributed by atoms with Crippen molar-refractivity contribution in [3.63, 3.8) is 0 Å². The monoisotopic (exact) mass is 307 g/mol. The van der Waals surface area contributed by atoms with Gasteiger partial charge in [-0.15, -0.1) is 11.3 Å². The maximum absolute atomic E-state index is 4.56. The second-order valence-electron chi connectivity index (χ2n) is 5.61. The van der Waals surface area contributed by atoms with Gasteiger partial charge in [0, 0.05) is 17.3 Å². The van der Waals surface area contributed by atoms with E-state index in [1.165, 1.54) is 4.88 Å². The summed E-state index contributed by atoms with van der Waals surface area (Å²) in [7, 11) is 0. The molecule has 0 aliphatic carbocycles. The Morgan fingerprint density at radius 1 is 1.33 bits per heavy atom. The Morgan fingerprint density at radius 2 is 2.10 bits per heavy atom. The molecule has 0 amide bonds. The van der Waals surface area contributed by atoms with Crippen LogP contribution >= 0.6 is 11.3 Å². The highest BCUT2D eigenvalue weighted by Gasteiger charge is 2.20. The van der Waals surface area contributed by atoms with Crippen LogP contribution in [0.2, 0.25) is 0 Å². The quantitative estimate of drug-likeness (QED) is 0.853. The van der Waals surface area contributed by atoms with Gasteiger partial charge in [-0.3, -0.25) is 0 Å². The Hall–Kier alpha value is -1.27. The molecule has 1 N–H and O–H groups in total. The summed E-state index contributed by atoms with van der Waals surface area (Å²) >= 11 is 1.78. The van der Waals surface area contributed by atoms with E-state index < -0.39 is 0 Å². The molecule has 0 aliphatic heterocycles. The maximum atomic E-state index is 4.56. The zero-order chi connectivity index (χ0) is 15.4. The highest BCUT2D eigenvalue weighted by atomic mass is 32.1. The van der Waals surface area contributed by atoms with Crippen LogP contribution in [-0.2, 0) is 6.42 Å². The Morgan fingerprint density at radius 3 is 2.67 bits per heavy atom. The molecule has 116 valence electrons. The van der Waals surface area contributed by atoms with Gasteiger partial charge in [-0.1, -0.05) is 6.92 Å². The lowest BCUT2D eigenvalue weighted by atomic mass is 10.1. The van der Waals surface area contributed by atoms with Gasteiger partial charge in [-0.25, -0.2) is 14.6 Å². The van der Waals surface area contributed by atoms with Crippen molar-refractivity contribution in [1.29, 1.82) is 0 Å². The Kier molecular flexibility index (Phi) is 5.47. The van der Waals surface area contributed by atoms with E-state index in [1.54, 1.807) is 17.7 Å². The first-order valence-electron chi connectivity index (χ1n) is 7.58. The molecule has 0 bridgehead atoms. The predicted molar refractivity (Wildman–Crippen MR) is 86.7 cm³/mol. The number of hydrogen-bond donors (Lipinski definition) is 1. The van der Waals surface area contributed by atoms with Gasteiger partial charge in [-0.05, 0) is 40.7 Å². The zero-order valence-corrected chi connectivity index (χ0v) is 14.4. The standard InChI is InChI=1S/C15H25N5S/c1-6-7-16-13(15-11(4)19-12(5)21-15)8-14-17-9-18-20(14)10(2)3/h9-10,13,16H,6-8H2,1-5H3. The summed E-state index contributed by atoms with van der Waals surface area (Å²) in [6.07, 6.45) is 3.61. The minimum atomic E-state index is 0.262. The molecule has 0 spiro atoms. The van der Waals surface area contributed by atoms with Gasteiger partial charge in [0.05, 0.1) is 16.7 Å². The second-order valence-corrected chi connectivity index (χ2v) is 6.84. The molecule has 5 nitrogen and oxygen atoms in total. The molecule has 2 aromatic heterocycles. The van der Waals surface area contributed by atoms with E-state index in [0.29, 0.717) is 6.04 Å². The van der Waals surface area contributed by atoms with Gasteiger partial charge < -0.3 is 5.32 Å². The molecule has 2 rings (SSSR count). The van der Waals surface area contributed by atoms with E-state index in [4.69, 9.17) is 0 Å². The van der Waals surface area contributed by atoms with Gasteiger partial charge in [0.25, 0.3) is 0 Å². The molecule has 0 saturated heterocycles. The molecule has 2 heterocycles. The summed E-state index contributed by atoms with van der Waals surface area (Å²) in [6, 6.07) is 0.594. The van der Waals surface area contributed by atoms with Gasteiger partial charge >= 0.3 is 0 Å². The third-order valence-electron chi connectivity index (χ3n) is 3.42. The van der Waals surface area contributed by atoms with Gasteiger partial charge in [-0.2, -0.15) is 5.10 Å². The highest BCUT2D eigenvalue weighted by molar-refractivity contribution is 7.11. The van der Waals surface area contributed by atoms with Crippen molar-refractivity contribution in [1.82, 2.24) is 25.1 Å². The molecule has 21 heavy (non-hydrogen) atoms. The lowest BCUT2D eigenvalue weighted by Gasteiger charge is -2.18. The van der Waals surface area contributed by atoms with E-state index >= 15 is 0 Å². The van der Waals surface area contributed by atoms with Crippen molar-refractivity contribution in [2.45, 2.75) is 59.5 Å². The maximum Gasteiger partial charge on any atom is 0.138 e. The lowest BCUT2D eigenvalue weighted by molar-refractivity contribution is 0.465. The highest BCUT2D eigenvalue weighted by Crippen LogP contribution is 2.27. The van der Waals surface area contributed by atoms with Crippen LogP contribution in [0.5, 0.6) is 0 Å². The average molecular weight is 307 g/mol. The summed E-state index contributed by atoms with van der Waals surface area (Å²) in [5.74, 6) is 1.03. The fraction of sp³-hybridized carbons (Fsp3) is 0.667. The molecular weight excluding hydrogens is 282 g/mol. The molecule has 6 heteroatoms. The summed E-state index contributed by atoms with van der Waals surface area (Å²) in [4.78, 5) is 10.3. The molecule has 2 aromatic rings. The van der Waals surface area contributed by atoms with E-state index in [-0.39, 0.29) is 6.04 Å². The van der Waals surface area contributed by atoms with Crippen LogP contribution < -0.4 is 5.32 Å². The van der Waals surface area contributed by atoms with Crippen molar-refractivity contribution in [3.8, 4) is 0 Å². The van der Waals surface area contributed by atoms with Crippen LogP contribution in [0.1, 0.15) is 60.7 Å². The Bertz CT molecular complexity index is 572. The normalized spacial score (nSPS) is 13.0. The van der Waals surface area contributed by atoms with E-state index in [0.717, 1.165) is 35.9 Å². The van der Waals surface area contributed by atoms with Crippen LogP contribution in [0.4, 0.5) is 0 Å². The smallest absolute Gasteiger partial charge is 0.138 e. The number of nitrogens with one attached hydrogen (secondary N) is 1. The predicted octanol–water partition coefficient (Wildman–Crippen LogP) is 3.22. The summed E-state index contributed by atoms with van der Waals surface area (Å²) < 4.78 is 2.00. The number of hydrogen-bond acceptors (Lipinski definition) is 5. The average Bonchev–Trinajstić information content (AvgIpc) is 3.01. The third kappa shape index (κ3) is 3.89. The molecule has 0 fully saturated rings. The van der Waals surface area contributed by atoms with Crippen LogP contribution in [0.3, 0.4) is 0 Å². The third-order valence-corrected chi connectivity index (χ3v) is 4.61. The van der Waals surface area contributed by atoms with Crippen molar-refractivity contribution < 1.29 is 0 Å². The fourth-order valence-corrected chi connectivity index (χ4v) is 3.48. The Labute approximate surface area is 130 Å². The zero-order valence-electron chi connectivity index (χ0n) is 13.6. The summed E-state index contributed by atoms with van der Waals surface area (Å²) in [5.41, 5.74) is 1.13. The summed E-state index contributed by atoms with van der Waals surface area (Å²) in [6.45, 7) is 11.6. The Balaban J connectivity index is 2.24. The van der Waals surface area contributed by atoms with Crippen molar-refractivity contribution in [2.75, 3.05) is 6.54 Å². The van der Waals surface area contributed by atoms with Crippen LogP contribution in [0.25, 0.3) is 0 Å². The molecule has 0 saturated carbocycles. The van der Waals surface area contributed by atoms with E-state index in [2.05, 4.69) is 55.0 Å². The van der Waals surface area contributed by atoms with Crippen LogP contribution in [0, 0.1) is 13.8 Å². The van der Waals surface area contributed by atoms with Crippen LogP contribution in [-0.4, -0.2) is 26.3 Å². The van der Waals surface area contributed by atoms with Crippen molar-refractivity contribution in [3.05, 3.63) is 27.7 Å². The molecule has 0 aliphatic rings. The molecule has 1 atom stereocenters. The van der Waals surface area contributed by atoms with Crippen molar-refractivity contribution >= 4 is 11.3 Å². The number of aromatic nitrogens is 4. The SMILES string of the molecule is CCCNC(Cc1ncnn1C(C)C)c1sc(C)nc1C. The largest absolute Gasteiger partial charge is 0.309 e. The van der Waals surface area contributed by atoms with E-state index in [9.17, 15) is 0 Å². The molecule has 0 radical (unpaired) electrons. The molecular formula is C15H25N5S. The minimum absolute atomic E-state index is 0.262. The number of aryl methyl sites for hydroxylation is 2. The second kappa shape index (κ2) is 7.13. The first-order valence-corrected chi connectivity index (χ1v) is 8.40. The van der Waals surface area contributed by atoms with Gasteiger partial charge in [0.15, 0.2) is 0 Å². The van der Waals surface area contributed by atoms with E-state index in [1.807, 2.05) is 4.68 Å². The number of thiazole rings is 1. The minimum Gasteiger partial charge on any atom is -0.309 e. The van der Waals surface area contributed by atoms with Gasteiger partial charge in [0.1, 0.15) is 12.2 Å². The first-order chi connectivity index (χ1) is 10.0. The van der Waals surface area contributed by atoms with Crippen molar-refractivity contribution in [2.24, 2.45) is 0 Å². The number of nitrogens with zero attached hydrogens (tertiary/aromatic N) is 4. The van der Waals surface area contributed by atoms with Crippen LogP contribution in [0.15, 0.2) is 6.33 Å². The lowest BCUT2D eigenvalue weighted by Crippen LogP contribution is -2.25.